The summed E-state index contributed by atoms with van der Waals surface area (Å²) in [4.78, 5) is 2.47. The van der Waals surface area contributed by atoms with Crippen molar-refractivity contribution in [3.05, 3.63) is 59.8 Å². The third-order valence-electron chi connectivity index (χ3n) is 3.92. The molecular weight excluding hydrogens is 242 g/mol. The van der Waals surface area contributed by atoms with Gasteiger partial charge in [0.05, 0.1) is 6.04 Å². The monoisotopic (exact) mass is 269 g/mol. The predicted molar refractivity (Wildman–Crippen MR) is 87.5 cm³/mol. The van der Waals surface area contributed by atoms with Crippen LogP contribution in [0.1, 0.15) is 52.1 Å². The van der Waals surface area contributed by atoms with Crippen LogP contribution >= 0.6 is 0 Å². The maximum Gasteiger partial charge on any atom is 0.0726 e. The summed E-state index contributed by atoms with van der Waals surface area (Å²) in [6, 6.07) is 11.2. The van der Waals surface area contributed by atoms with Gasteiger partial charge in [0, 0.05) is 12.7 Å². The molecule has 0 N–H and O–H groups in total. The molecule has 108 valence electrons. The highest BCUT2D eigenvalue weighted by Gasteiger charge is 2.23. The molecule has 1 aromatic rings. The molecule has 0 spiro atoms. The third kappa shape index (κ3) is 3.53. The van der Waals surface area contributed by atoms with Crippen LogP contribution in [0.4, 0.5) is 0 Å². The van der Waals surface area contributed by atoms with Gasteiger partial charge >= 0.3 is 0 Å². The molecule has 2 rings (SSSR count). The van der Waals surface area contributed by atoms with Crippen LogP contribution in [-0.2, 0) is 0 Å². The van der Waals surface area contributed by atoms with Crippen LogP contribution in [0.2, 0.25) is 0 Å². The molecule has 1 heteroatoms. The summed E-state index contributed by atoms with van der Waals surface area (Å²) in [5.41, 5.74) is 3.02. The first-order valence-corrected chi connectivity index (χ1v) is 7.73. The van der Waals surface area contributed by atoms with E-state index in [4.69, 9.17) is 0 Å². The van der Waals surface area contributed by atoms with Gasteiger partial charge in [0.25, 0.3) is 0 Å². The van der Waals surface area contributed by atoms with Crippen LogP contribution in [-0.4, -0.2) is 11.4 Å². The summed E-state index contributed by atoms with van der Waals surface area (Å²) >= 11 is 0. The van der Waals surface area contributed by atoms with E-state index in [0.29, 0.717) is 6.04 Å². The molecule has 1 atom stereocenters. The zero-order valence-corrected chi connectivity index (χ0v) is 13.3. The molecule has 0 aromatic heterocycles. The van der Waals surface area contributed by atoms with Crippen molar-refractivity contribution in [2.75, 3.05) is 6.54 Å². The van der Waals surface area contributed by atoms with Crippen LogP contribution in [0.25, 0.3) is 0 Å². The number of rotatable bonds is 4. The molecule has 1 aliphatic heterocycles. The largest absolute Gasteiger partial charge is 0.367 e. The molecule has 0 saturated carbocycles. The smallest absolute Gasteiger partial charge is 0.0726 e. The summed E-state index contributed by atoms with van der Waals surface area (Å²) in [7, 11) is 0. The lowest BCUT2D eigenvalue weighted by Gasteiger charge is -2.35. The van der Waals surface area contributed by atoms with Crippen LogP contribution in [0.15, 0.2) is 54.3 Å². The Morgan fingerprint density at radius 3 is 2.40 bits per heavy atom. The second-order valence-corrected chi connectivity index (χ2v) is 6.63. The van der Waals surface area contributed by atoms with Crippen molar-refractivity contribution >= 4 is 0 Å². The lowest BCUT2D eigenvalue weighted by atomic mass is 9.83. The highest BCUT2D eigenvalue weighted by atomic mass is 15.1. The van der Waals surface area contributed by atoms with Crippen molar-refractivity contribution < 1.29 is 0 Å². The van der Waals surface area contributed by atoms with Gasteiger partial charge in [-0.2, -0.15) is 0 Å². The summed E-state index contributed by atoms with van der Waals surface area (Å²) in [5, 5.41) is 0. The minimum atomic E-state index is 0.209. The van der Waals surface area contributed by atoms with Gasteiger partial charge < -0.3 is 4.90 Å². The van der Waals surface area contributed by atoms with Gasteiger partial charge in [-0.25, -0.2) is 0 Å². The standard InChI is InChI=1S/C19H27N/c1-5-6-13-20-14-12-17(19(2,3)4)15-18(20)16-10-8-7-9-11-16/h7-12,14-15,18H,5-6,13H2,1-4H3. The third-order valence-corrected chi connectivity index (χ3v) is 3.92. The van der Waals surface area contributed by atoms with E-state index in [0.717, 1.165) is 6.54 Å². The van der Waals surface area contributed by atoms with Crippen LogP contribution in [0.5, 0.6) is 0 Å². The second-order valence-electron chi connectivity index (χ2n) is 6.63. The fourth-order valence-corrected chi connectivity index (χ4v) is 2.58. The molecule has 1 nitrogen and oxygen atoms in total. The van der Waals surface area contributed by atoms with Crippen molar-refractivity contribution in [1.29, 1.82) is 0 Å². The van der Waals surface area contributed by atoms with Crippen molar-refractivity contribution in [2.24, 2.45) is 5.41 Å². The number of nitrogens with zero attached hydrogens (tertiary/aromatic N) is 1. The number of allylic oxidation sites excluding steroid dienone is 2. The first-order valence-electron chi connectivity index (χ1n) is 7.73. The SMILES string of the molecule is CCCCN1C=CC(C(C)(C)C)=CC1c1ccccc1. The molecule has 1 unspecified atom stereocenters. The fourth-order valence-electron chi connectivity index (χ4n) is 2.58. The van der Waals surface area contributed by atoms with Gasteiger partial charge in [0.2, 0.25) is 0 Å². The van der Waals surface area contributed by atoms with Gasteiger partial charge in [-0.05, 0) is 29.0 Å². The minimum Gasteiger partial charge on any atom is -0.367 e. The van der Waals surface area contributed by atoms with E-state index in [2.05, 4.69) is 81.3 Å². The molecule has 0 radical (unpaired) electrons. The number of unbranched alkanes of at least 4 members (excludes halogenated alkanes) is 1. The lowest BCUT2D eigenvalue weighted by molar-refractivity contribution is 0.307. The highest BCUT2D eigenvalue weighted by Crippen LogP contribution is 2.35. The molecule has 0 amide bonds. The van der Waals surface area contributed by atoms with Gasteiger partial charge in [0.1, 0.15) is 0 Å². The quantitative estimate of drug-likeness (QED) is 0.714. The second kappa shape index (κ2) is 6.30. The Morgan fingerprint density at radius 2 is 1.80 bits per heavy atom. The zero-order chi connectivity index (χ0) is 14.6. The number of hydrogen-bond acceptors (Lipinski definition) is 1. The molecule has 0 bridgehead atoms. The van der Waals surface area contributed by atoms with Gasteiger partial charge in [0.15, 0.2) is 0 Å². The van der Waals surface area contributed by atoms with Crippen LogP contribution < -0.4 is 0 Å². The minimum absolute atomic E-state index is 0.209. The van der Waals surface area contributed by atoms with E-state index in [9.17, 15) is 0 Å². The first kappa shape index (κ1) is 14.9. The molecule has 1 aromatic carbocycles. The van der Waals surface area contributed by atoms with Gasteiger partial charge in [-0.15, -0.1) is 0 Å². The predicted octanol–water partition coefficient (Wildman–Crippen LogP) is 5.33. The fraction of sp³-hybridized carbons (Fsp3) is 0.474. The number of hydrogen-bond donors (Lipinski definition) is 0. The van der Waals surface area contributed by atoms with E-state index in [-0.39, 0.29) is 5.41 Å². The van der Waals surface area contributed by atoms with Gasteiger partial charge in [-0.1, -0.05) is 70.5 Å². The maximum absolute atomic E-state index is 2.47. The highest BCUT2D eigenvalue weighted by molar-refractivity contribution is 5.35. The van der Waals surface area contributed by atoms with Crippen LogP contribution in [0, 0.1) is 5.41 Å². The molecule has 20 heavy (non-hydrogen) atoms. The van der Waals surface area contributed by atoms with Crippen molar-refractivity contribution in [3.8, 4) is 0 Å². The normalized spacial score (nSPS) is 19.1. The molecular formula is C19H27N. The van der Waals surface area contributed by atoms with E-state index < -0.39 is 0 Å². The molecule has 0 saturated heterocycles. The average molecular weight is 269 g/mol. The van der Waals surface area contributed by atoms with Gasteiger partial charge in [-0.3, -0.25) is 0 Å². The Morgan fingerprint density at radius 1 is 1.10 bits per heavy atom. The molecule has 1 aliphatic rings. The lowest BCUT2D eigenvalue weighted by Crippen LogP contribution is -2.27. The van der Waals surface area contributed by atoms with E-state index >= 15 is 0 Å². The Hall–Kier alpha value is -1.50. The Balaban J connectivity index is 2.29. The van der Waals surface area contributed by atoms with Crippen molar-refractivity contribution in [2.45, 2.75) is 46.6 Å². The Kier molecular flexibility index (Phi) is 4.69. The number of benzene rings is 1. The summed E-state index contributed by atoms with van der Waals surface area (Å²) < 4.78 is 0. The Bertz CT molecular complexity index is 476. The average Bonchev–Trinajstić information content (AvgIpc) is 2.45. The molecule has 0 fully saturated rings. The summed E-state index contributed by atoms with van der Waals surface area (Å²) in [5.74, 6) is 0. The van der Waals surface area contributed by atoms with E-state index in [1.165, 1.54) is 24.0 Å². The van der Waals surface area contributed by atoms with Crippen LogP contribution in [0.3, 0.4) is 0 Å². The molecule has 0 aliphatic carbocycles. The maximum atomic E-state index is 2.47. The summed E-state index contributed by atoms with van der Waals surface area (Å²) in [6.07, 6.45) is 9.49. The Labute approximate surface area is 124 Å². The van der Waals surface area contributed by atoms with Crippen molar-refractivity contribution in [3.63, 3.8) is 0 Å². The topological polar surface area (TPSA) is 3.24 Å². The van der Waals surface area contributed by atoms with E-state index in [1.54, 1.807) is 0 Å². The molecule has 1 heterocycles. The first-order chi connectivity index (χ1) is 9.52. The summed E-state index contributed by atoms with van der Waals surface area (Å²) in [6.45, 7) is 10.2. The van der Waals surface area contributed by atoms with Crippen molar-refractivity contribution in [1.82, 2.24) is 4.90 Å². The van der Waals surface area contributed by atoms with E-state index in [1.807, 2.05) is 0 Å². The zero-order valence-electron chi connectivity index (χ0n) is 13.3.